The van der Waals surface area contributed by atoms with Crippen LogP contribution < -0.4 is 16.0 Å². The molecule has 1 aliphatic heterocycles. The van der Waals surface area contributed by atoms with Gasteiger partial charge in [-0.25, -0.2) is 0 Å². The van der Waals surface area contributed by atoms with Crippen LogP contribution in [-0.2, 0) is 14.3 Å². The number of nitrogens with one attached hydrogen (secondary N) is 3. The molecule has 0 aliphatic carbocycles. The molecule has 0 aromatic heterocycles. The third kappa shape index (κ3) is 5.97. The van der Waals surface area contributed by atoms with Crippen LogP contribution in [0.2, 0.25) is 0 Å². The third-order valence-electron chi connectivity index (χ3n) is 2.39. The number of hydrogen-bond acceptors (Lipinski definition) is 4. The monoisotopic (exact) mass is 257 g/mol. The van der Waals surface area contributed by atoms with Gasteiger partial charge in [-0.2, -0.15) is 0 Å². The molecule has 1 unspecified atom stereocenters. The molecule has 0 aromatic rings. The normalized spacial score (nSPS) is 20.3. The van der Waals surface area contributed by atoms with Crippen molar-refractivity contribution in [3.8, 4) is 0 Å². The maximum absolute atomic E-state index is 11.7. The Morgan fingerprint density at radius 1 is 1.39 bits per heavy atom. The van der Waals surface area contributed by atoms with E-state index in [0.29, 0.717) is 19.7 Å². The molecule has 1 fully saturated rings. The second-order valence-corrected chi connectivity index (χ2v) is 5.40. The molecule has 1 aliphatic rings. The Kier molecular flexibility index (Phi) is 5.55. The van der Waals surface area contributed by atoms with E-state index in [-0.39, 0.29) is 23.8 Å². The highest BCUT2D eigenvalue weighted by Gasteiger charge is 2.21. The topological polar surface area (TPSA) is 79.5 Å². The van der Waals surface area contributed by atoms with Crippen LogP contribution in [0.25, 0.3) is 0 Å². The minimum atomic E-state index is -0.440. The van der Waals surface area contributed by atoms with Crippen LogP contribution in [-0.4, -0.2) is 49.7 Å². The molecule has 18 heavy (non-hydrogen) atoms. The molecule has 1 atom stereocenters. The van der Waals surface area contributed by atoms with Gasteiger partial charge in [0.1, 0.15) is 6.10 Å². The largest absolute Gasteiger partial charge is 0.366 e. The molecule has 6 nitrogen and oxygen atoms in total. The lowest BCUT2D eigenvalue weighted by Crippen LogP contribution is -2.48. The SMILES string of the molecule is CC(C)(C)NC(=O)CCNC(=O)C1CNCCO1. The summed E-state index contributed by atoms with van der Waals surface area (Å²) < 4.78 is 5.30. The Balaban J connectivity index is 2.17. The average molecular weight is 257 g/mol. The van der Waals surface area contributed by atoms with Gasteiger partial charge < -0.3 is 20.7 Å². The van der Waals surface area contributed by atoms with Gasteiger partial charge in [0.15, 0.2) is 0 Å². The van der Waals surface area contributed by atoms with Crippen molar-refractivity contribution in [1.29, 1.82) is 0 Å². The lowest BCUT2D eigenvalue weighted by atomic mass is 10.1. The smallest absolute Gasteiger partial charge is 0.250 e. The summed E-state index contributed by atoms with van der Waals surface area (Å²) in [4.78, 5) is 23.2. The quantitative estimate of drug-likeness (QED) is 0.628. The molecule has 2 amide bonds. The van der Waals surface area contributed by atoms with Gasteiger partial charge in [-0.3, -0.25) is 9.59 Å². The van der Waals surface area contributed by atoms with Crippen molar-refractivity contribution >= 4 is 11.8 Å². The molecule has 0 aromatic carbocycles. The highest BCUT2D eigenvalue weighted by molar-refractivity contribution is 5.82. The summed E-state index contributed by atoms with van der Waals surface area (Å²) in [6.45, 7) is 7.95. The van der Waals surface area contributed by atoms with Crippen molar-refractivity contribution in [2.24, 2.45) is 0 Å². The summed E-state index contributed by atoms with van der Waals surface area (Å²) in [5.41, 5.74) is -0.239. The van der Waals surface area contributed by atoms with Crippen molar-refractivity contribution in [3.05, 3.63) is 0 Å². The second-order valence-electron chi connectivity index (χ2n) is 5.40. The number of amides is 2. The van der Waals surface area contributed by atoms with Crippen molar-refractivity contribution in [2.75, 3.05) is 26.2 Å². The molecule has 0 saturated carbocycles. The van der Waals surface area contributed by atoms with E-state index >= 15 is 0 Å². The Morgan fingerprint density at radius 2 is 2.11 bits per heavy atom. The van der Waals surface area contributed by atoms with Crippen LogP contribution in [0.4, 0.5) is 0 Å². The molecule has 3 N–H and O–H groups in total. The zero-order chi connectivity index (χ0) is 13.6. The predicted octanol–water partition coefficient (Wildman–Crippen LogP) is -0.604. The minimum Gasteiger partial charge on any atom is -0.366 e. The van der Waals surface area contributed by atoms with E-state index < -0.39 is 6.10 Å². The van der Waals surface area contributed by atoms with Crippen molar-refractivity contribution < 1.29 is 14.3 Å². The molecule has 1 rings (SSSR count). The van der Waals surface area contributed by atoms with Crippen LogP contribution in [0, 0.1) is 0 Å². The van der Waals surface area contributed by atoms with E-state index in [4.69, 9.17) is 4.74 Å². The van der Waals surface area contributed by atoms with Gasteiger partial charge >= 0.3 is 0 Å². The summed E-state index contributed by atoms with van der Waals surface area (Å²) in [5, 5.41) is 8.62. The van der Waals surface area contributed by atoms with E-state index in [2.05, 4.69) is 16.0 Å². The number of carbonyl (C=O) groups is 2. The summed E-state index contributed by atoms with van der Waals surface area (Å²) in [6.07, 6.45) is -0.159. The van der Waals surface area contributed by atoms with Crippen molar-refractivity contribution in [3.63, 3.8) is 0 Å². The van der Waals surface area contributed by atoms with E-state index in [9.17, 15) is 9.59 Å². The summed E-state index contributed by atoms with van der Waals surface area (Å²) in [5.74, 6) is -0.226. The molecule has 0 radical (unpaired) electrons. The highest BCUT2D eigenvalue weighted by atomic mass is 16.5. The van der Waals surface area contributed by atoms with Crippen LogP contribution in [0.15, 0.2) is 0 Å². The van der Waals surface area contributed by atoms with Crippen molar-refractivity contribution in [2.45, 2.75) is 38.8 Å². The van der Waals surface area contributed by atoms with Gasteiger partial charge in [-0.15, -0.1) is 0 Å². The van der Waals surface area contributed by atoms with Gasteiger partial charge in [0.2, 0.25) is 11.8 Å². The van der Waals surface area contributed by atoms with E-state index in [1.807, 2.05) is 20.8 Å². The van der Waals surface area contributed by atoms with Crippen LogP contribution in [0.5, 0.6) is 0 Å². The minimum absolute atomic E-state index is 0.0644. The van der Waals surface area contributed by atoms with E-state index in [1.54, 1.807) is 0 Å². The fraction of sp³-hybridized carbons (Fsp3) is 0.833. The summed E-state index contributed by atoms with van der Waals surface area (Å²) in [7, 11) is 0. The van der Waals surface area contributed by atoms with Crippen molar-refractivity contribution in [1.82, 2.24) is 16.0 Å². The molecule has 0 bridgehead atoms. The van der Waals surface area contributed by atoms with Crippen LogP contribution in [0.1, 0.15) is 27.2 Å². The Bertz CT molecular complexity index is 293. The van der Waals surface area contributed by atoms with Crippen LogP contribution in [0.3, 0.4) is 0 Å². The number of morpholine rings is 1. The first kappa shape index (κ1) is 14.9. The predicted molar refractivity (Wildman–Crippen MR) is 68.1 cm³/mol. The summed E-state index contributed by atoms with van der Waals surface area (Å²) in [6, 6.07) is 0. The zero-order valence-electron chi connectivity index (χ0n) is 11.3. The first-order valence-electron chi connectivity index (χ1n) is 6.29. The molecular weight excluding hydrogens is 234 g/mol. The number of rotatable bonds is 4. The fourth-order valence-corrected chi connectivity index (χ4v) is 1.63. The standard InChI is InChI=1S/C12H23N3O3/c1-12(2,3)15-10(16)4-5-14-11(17)9-8-13-6-7-18-9/h9,13H,4-8H2,1-3H3,(H,14,17)(H,15,16). The maximum atomic E-state index is 11.7. The average Bonchev–Trinajstić information content (AvgIpc) is 2.27. The molecule has 0 spiro atoms. The molecule has 6 heteroatoms. The van der Waals surface area contributed by atoms with Gasteiger partial charge in [0, 0.05) is 31.6 Å². The number of hydrogen-bond donors (Lipinski definition) is 3. The molecule has 1 saturated heterocycles. The number of ether oxygens (including phenoxy) is 1. The highest BCUT2D eigenvalue weighted by Crippen LogP contribution is 1.99. The summed E-state index contributed by atoms with van der Waals surface area (Å²) >= 11 is 0. The zero-order valence-corrected chi connectivity index (χ0v) is 11.3. The first-order chi connectivity index (χ1) is 8.38. The third-order valence-corrected chi connectivity index (χ3v) is 2.39. The van der Waals surface area contributed by atoms with E-state index in [1.165, 1.54) is 0 Å². The molecular formula is C12H23N3O3. The number of carbonyl (C=O) groups excluding carboxylic acids is 2. The Morgan fingerprint density at radius 3 is 2.67 bits per heavy atom. The Labute approximate surface area is 108 Å². The first-order valence-corrected chi connectivity index (χ1v) is 6.29. The van der Waals surface area contributed by atoms with Crippen LogP contribution >= 0.6 is 0 Å². The second kappa shape index (κ2) is 6.70. The van der Waals surface area contributed by atoms with E-state index in [0.717, 1.165) is 6.54 Å². The molecule has 104 valence electrons. The Hall–Kier alpha value is -1.14. The lowest BCUT2D eigenvalue weighted by molar-refractivity contribution is -0.134. The van der Waals surface area contributed by atoms with Gasteiger partial charge in [0.25, 0.3) is 0 Å². The maximum Gasteiger partial charge on any atom is 0.250 e. The molecule has 1 heterocycles. The fourth-order valence-electron chi connectivity index (χ4n) is 1.63. The lowest BCUT2D eigenvalue weighted by Gasteiger charge is -2.23. The van der Waals surface area contributed by atoms with Gasteiger partial charge in [0.05, 0.1) is 6.61 Å². The van der Waals surface area contributed by atoms with Gasteiger partial charge in [-0.05, 0) is 20.8 Å². The van der Waals surface area contributed by atoms with Gasteiger partial charge in [-0.1, -0.05) is 0 Å².